The molecular formula is C27H26N4O8. The number of nitro groups is 1. The molecule has 2 aliphatic heterocycles. The summed E-state index contributed by atoms with van der Waals surface area (Å²) in [5.74, 6) is -0.475. The van der Waals surface area contributed by atoms with Crippen molar-refractivity contribution in [1.29, 1.82) is 0 Å². The summed E-state index contributed by atoms with van der Waals surface area (Å²) >= 11 is 0. The number of carbonyl (C=O) groups excluding carboxylic acids is 1. The van der Waals surface area contributed by atoms with Crippen LogP contribution in [0.25, 0.3) is 10.9 Å². The lowest BCUT2D eigenvalue weighted by Crippen LogP contribution is -2.54. The number of carboxylic acids is 1. The fraction of sp³-hybridized carbons (Fsp3) is 0.370. The maximum absolute atomic E-state index is 13.2. The highest BCUT2D eigenvalue weighted by atomic mass is 16.6. The molecule has 1 saturated carbocycles. The molecule has 3 heterocycles. The van der Waals surface area contributed by atoms with Gasteiger partial charge in [-0.1, -0.05) is 12.1 Å². The number of piperazine rings is 1. The van der Waals surface area contributed by atoms with Crippen molar-refractivity contribution in [2.75, 3.05) is 37.7 Å². The summed E-state index contributed by atoms with van der Waals surface area (Å²) in [6.45, 7) is 3.15. The Balaban J connectivity index is 1.30. The third kappa shape index (κ3) is 4.21. The van der Waals surface area contributed by atoms with Crippen LogP contribution in [-0.2, 0) is 4.79 Å². The molecule has 1 unspecified atom stereocenters. The highest BCUT2D eigenvalue weighted by molar-refractivity contribution is 5.97. The van der Waals surface area contributed by atoms with Gasteiger partial charge in [-0.25, -0.2) is 4.79 Å². The van der Waals surface area contributed by atoms with Gasteiger partial charge in [-0.15, -0.1) is 0 Å². The number of nitrogens with zero attached hydrogens (tertiary/aromatic N) is 4. The van der Waals surface area contributed by atoms with Gasteiger partial charge in [-0.2, -0.15) is 0 Å². The molecule has 1 aliphatic carbocycles. The summed E-state index contributed by atoms with van der Waals surface area (Å²) in [5, 5.41) is 21.8. The average molecular weight is 535 g/mol. The van der Waals surface area contributed by atoms with E-state index in [1.807, 2.05) is 11.0 Å². The number of benzene rings is 2. The molecule has 3 aliphatic rings. The molecule has 3 aromatic rings. The molecule has 202 valence electrons. The predicted octanol–water partition coefficient (Wildman–Crippen LogP) is 2.74. The number of aromatic carboxylic acids is 1. The van der Waals surface area contributed by atoms with Gasteiger partial charge in [0.05, 0.1) is 15.8 Å². The zero-order valence-corrected chi connectivity index (χ0v) is 21.2. The van der Waals surface area contributed by atoms with Crippen LogP contribution in [0.15, 0.2) is 41.3 Å². The van der Waals surface area contributed by atoms with Gasteiger partial charge >= 0.3 is 5.97 Å². The number of para-hydroxylation sites is 2. The fourth-order valence-corrected chi connectivity index (χ4v) is 5.52. The summed E-state index contributed by atoms with van der Waals surface area (Å²) in [4.78, 5) is 53.1. The Labute approximate surface area is 222 Å². The minimum atomic E-state index is -1.36. The molecule has 1 N–H and O–H groups in total. The highest BCUT2D eigenvalue weighted by Gasteiger charge is 2.36. The van der Waals surface area contributed by atoms with E-state index in [1.54, 1.807) is 34.6 Å². The van der Waals surface area contributed by atoms with E-state index in [2.05, 4.69) is 0 Å². The number of rotatable bonds is 5. The second-order valence-electron chi connectivity index (χ2n) is 10.0. The Morgan fingerprint density at radius 1 is 1.10 bits per heavy atom. The Hall–Kier alpha value is -4.61. The third-order valence-electron chi connectivity index (χ3n) is 7.56. The number of anilines is 1. The zero-order chi connectivity index (χ0) is 27.4. The molecule has 2 fully saturated rings. The lowest BCUT2D eigenvalue weighted by molar-refractivity contribution is -0.384. The lowest BCUT2D eigenvalue weighted by Gasteiger charge is -2.38. The number of fused-ring (bicyclic) bond motifs is 2. The molecule has 1 atom stereocenters. The van der Waals surface area contributed by atoms with Crippen LogP contribution in [0, 0.1) is 17.0 Å². The summed E-state index contributed by atoms with van der Waals surface area (Å²) in [6, 6.07) is 8.39. The number of carboxylic acid groups (broad SMARTS) is 1. The number of nitro benzene ring substituents is 1. The van der Waals surface area contributed by atoms with Gasteiger partial charge in [0.25, 0.3) is 11.6 Å². The topological polar surface area (TPSA) is 144 Å². The van der Waals surface area contributed by atoms with Crippen LogP contribution in [-0.4, -0.2) is 70.3 Å². The van der Waals surface area contributed by atoms with E-state index in [9.17, 15) is 29.6 Å². The van der Waals surface area contributed by atoms with E-state index in [-0.39, 0.29) is 29.6 Å². The first-order valence-electron chi connectivity index (χ1n) is 12.8. The van der Waals surface area contributed by atoms with Gasteiger partial charge in [0.1, 0.15) is 17.9 Å². The number of hydrogen-bond donors (Lipinski definition) is 1. The maximum Gasteiger partial charge on any atom is 0.341 e. The Morgan fingerprint density at radius 3 is 2.44 bits per heavy atom. The Morgan fingerprint density at radius 2 is 1.79 bits per heavy atom. The van der Waals surface area contributed by atoms with Crippen LogP contribution in [0.3, 0.4) is 0 Å². The lowest BCUT2D eigenvalue weighted by atomic mass is 10.0. The SMILES string of the molecule is Cc1c(N2CCN(C(=O)C3COc4ccccc4O3)CC2)c([N+](=O)[O-])cc2c(=O)c(C(=O)O)cn(C3CC3)c12. The molecule has 1 saturated heterocycles. The van der Waals surface area contributed by atoms with Crippen LogP contribution >= 0.6 is 0 Å². The summed E-state index contributed by atoms with van der Waals surface area (Å²) in [6.07, 6.45) is 2.25. The van der Waals surface area contributed by atoms with Crippen LogP contribution in [0.1, 0.15) is 34.8 Å². The second-order valence-corrected chi connectivity index (χ2v) is 10.0. The number of aromatic nitrogens is 1. The number of carbonyl (C=O) groups is 2. The van der Waals surface area contributed by atoms with Crippen molar-refractivity contribution in [3.05, 3.63) is 68.0 Å². The van der Waals surface area contributed by atoms with Crippen molar-refractivity contribution in [2.24, 2.45) is 0 Å². The van der Waals surface area contributed by atoms with Crippen LogP contribution < -0.4 is 19.8 Å². The molecule has 1 aromatic heterocycles. The number of amides is 1. The van der Waals surface area contributed by atoms with E-state index >= 15 is 0 Å². The van der Waals surface area contributed by atoms with Gasteiger partial charge in [0.2, 0.25) is 11.5 Å². The number of hydrogen-bond acceptors (Lipinski definition) is 8. The van der Waals surface area contributed by atoms with Gasteiger partial charge in [0.15, 0.2) is 11.5 Å². The summed E-state index contributed by atoms with van der Waals surface area (Å²) in [7, 11) is 0. The van der Waals surface area contributed by atoms with Crippen molar-refractivity contribution >= 4 is 34.2 Å². The van der Waals surface area contributed by atoms with Crippen molar-refractivity contribution in [2.45, 2.75) is 31.9 Å². The van der Waals surface area contributed by atoms with Crippen molar-refractivity contribution in [3.63, 3.8) is 0 Å². The van der Waals surface area contributed by atoms with E-state index in [0.717, 1.165) is 12.8 Å². The first-order valence-corrected chi connectivity index (χ1v) is 12.8. The summed E-state index contributed by atoms with van der Waals surface area (Å²) in [5.41, 5.74) is 0.0296. The van der Waals surface area contributed by atoms with E-state index < -0.39 is 28.0 Å². The molecule has 0 radical (unpaired) electrons. The van der Waals surface area contributed by atoms with Gasteiger partial charge in [-0.05, 0) is 31.9 Å². The van der Waals surface area contributed by atoms with E-state index in [4.69, 9.17) is 9.47 Å². The van der Waals surface area contributed by atoms with Crippen LogP contribution in [0.5, 0.6) is 11.5 Å². The van der Waals surface area contributed by atoms with Gasteiger partial charge in [0, 0.05) is 50.0 Å². The molecule has 12 heteroatoms. The van der Waals surface area contributed by atoms with Crippen molar-refractivity contribution in [1.82, 2.24) is 9.47 Å². The number of ether oxygens (including phenoxy) is 2. The molecule has 6 rings (SSSR count). The standard InChI is InChI=1S/C27H26N4O8/c1-15-23-17(25(32)18(27(34)35)13-30(23)16-6-7-16)12-19(31(36)37)24(15)28-8-10-29(11-9-28)26(33)22-14-38-20-4-2-3-5-21(20)39-22/h2-5,12-13,16,22H,6-11,14H2,1H3,(H,34,35). The molecular weight excluding hydrogens is 508 g/mol. The molecule has 0 bridgehead atoms. The molecule has 12 nitrogen and oxygen atoms in total. The van der Waals surface area contributed by atoms with Gasteiger partial charge in [-0.3, -0.25) is 19.7 Å². The summed E-state index contributed by atoms with van der Waals surface area (Å²) < 4.78 is 13.3. The minimum Gasteiger partial charge on any atom is -0.485 e. The minimum absolute atomic E-state index is 0.0262. The monoisotopic (exact) mass is 534 g/mol. The molecule has 0 spiro atoms. The second kappa shape index (κ2) is 9.29. The Bertz CT molecular complexity index is 1590. The largest absolute Gasteiger partial charge is 0.485 e. The third-order valence-corrected chi connectivity index (χ3v) is 7.56. The van der Waals surface area contributed by atoms with E-state index in [1.165, 1.54) is 12.3 Å². The average Bonchev–Trinajstić information content (AvgIpc) is 3.78. The predicted molar refractivity (Wildman–Crippen MR) is 140 cm³/mol. The first-order chi connectivity index (χ1) is 18.7. The smallest absolute Gasteiger partial charge is 0.341 e. The fourth-order valence-electron chi connectivity index (χ4n) is 5.52. The van der Waals surface area contributed by atoms with Crippen molar-refractivity contribution < 1.29 is 29.1 Å². The van der Waals surface area contributed by atoms with Crippen LogP contribution in [0.2, 0.25) is 0 Å². The molecule has 39 heavy (non-hydrogen) atoms. The van der Waals surface area contributed by atoms with Crippen LogP contribution in [0.4, 0.5) is 11.4 Å². The normalized spacial score (nSPS) is 18.7. The number of pyridine rings is 1. The first kappa shape index (κ1) is 24.7. The molecule has 1 amide bonds. The molecule has 2 aromatic carbocycles. The number of aryl methyl sites for hydroxylation is 1. The van der Waals surface area contributed by atoms with Crippen molar-refractivity contribution in [3.8, 4) is 11.5 Å². The zero-order valence-electron chi connectivity index (χ0n) is 21.2. The highest BCUT2D eigenvalue weighted by Crippen LogP contribution is 2.42. The maximum atomic E-state index is 13.2. The Kier molecular flexibility index (Phi) is 5.89. The van der Waals surface area contributed by atoms with E-state index in [0.29, 0.717) is 54.4 Å². The van der Waals surface area contributed by atoms with Gasteiger partial charge < -0.3 is 28.9 Å². The quantitative estimate of drug-likeness (QED) is 0.386.